The molecule has 0 aromatic heterocycles. The van der Waals surface area contributed by atoms with Crippen LogP contribution in [0.5, 0.6) is 0 Å². The molecule has 3 aromatic rings. The maximum absolute atomic E-state index is 6.70. The number of fused-ring (bicyclic) bond motifs is 2. The maximum atomic E-state index is 6.70. The van der Waals surface area contributed by atoms with Crippen LogP contribution in [0.4, 0.5) is 0 Å². The van der Waals surface area contributed by atoms with Crippen LogP contribution in [-0.4, -0.2) is 5.38 Å². The third kappa shape index (κ3) is 2.34. The number of halogens is 1. The zero-order chi connectivity index (χ0) is 14.2. The van der Waals surface area contributed by atoms with Gasteiger partial charge in [-0.1, -0.05) is 66.7 Å². The quantitative estimate of drug-likeness (QED) is 0.572. The Morgan fingerprint density at radius 2 is 1.67 bits per heavy atom. The Bertz CT molecular complexity index is 790. The Kier molecular flexibility index (Phi) is 3.20. The van der Waals surface area contributed by atoms with Crippen LogP contribution < -0.4 is 0 Å². The van der Waals surface area contributed by atoms with Crippen LogP contribution in [0.25, 0.3) is 10.8 Å². The van der Waals surface area contributed by atoms with Gasteiger partial charge in [0.2, 0.25) is 0 Å². The van der Waals surface area contributed by atoms with Gasteiger partial charge in [0.05, 0.1) is 0 Å². The van der Waals surface area contributed by atoms with Gasteiger partial charge >= 0.3 is 0 Å². The first-order chi connectivity index (χ1) is 10.3. The molecule has 0 N–H and O–H groups in total. The van der Waals surface area contributed by atoms with E-state index in [4.69, 9.17) is 11.6 Å². The van der Waals surface area contributed by atoms with Gasteiger partial charge in [0.25, 0.3) is 0 Å². The highest BCUT2D eigenvalue weighted by Crippen LogP contribution is 2.40. The van der Waals surface area contributed by atoms with Gasteiger partial charge in [-0.15, -0.1) is 11.6 Å². The molecule has 4 rings (SSSR count). The molecular weight excluding hydrogens is 276 g/mol. The summed E-state index contributed by atoms with van der Waals surface area (Å²) in [5, 5.41) is 2.77. The first kappa shape index (κ1) is 12.9. The van der Waals surface area contributed by atoms with E-state index in [-0.39, 0.29) is 5.38 Å². The zero-order valence-electron chi connectivity index (χ0n) is 11.8. The lowest BCUT2D eigenvalue weighted by atomic mass is 9.74. The summed E-state index contributed by atoms with van der Waals surface area (Å²) in [5.41, 5.74) is 4.24. The second-order valence-corrected chi connectivity index (χ2v) is 6.47. The number of alkyl halides is 1. The highest BCUT2D eigenvalue weighted by Gasteiger charge is 2.31. The van der Waals surface area contributed by atoms with Crippen LogP contribution in [0.2, 0.25) is 0 Å². The predicted molar refractivity (Wildman–Crippen MR) is 90.2 cm³/mol. The highest BCUT2D eigenvalue weighted by atomic mass is 35.5. The minimum absolute atomic E-state index is 0.182. The summed E-state index contributed by atoms with van der Waals surface area (Å²) in [6.07, 6.45) is 2.06. The molecule has 2 atom stereocenters. The van der Waals surface area contributed by atoms with Crippen molar-refractivity contribution in [3.8, 4) is 0 Å². The van der Waals surface area contributed by atoms with Crippen molar-refractivity contribution in [2.24, 2.45) is 0 Å². The summed E-state index contributed by atoms with van der Waals surface area (Å²) in [6.45, 7) is 0. The van der Waals surface area contributed by atoms with Gasteiger partial charge in [-0.05, 0) is 40.3 Å². The summed E-state index contributed by atoms with van der Waals surface area (Å²) < 4.78 is 0. The van der Waals surface area contributed by atoms with Crippen LogP contribution in [0.3, 0.4) is 0 Å². The second kappa shape index (κ2) is 5.20. The van der Waals surface area contributed by atoms with E-state index in [9.17, 15) is 0 Å². The monoisotopic (exact) mass is 292 g/mol. The molecule has 0 aliphatic heterocycles. The fraction of sp³-hybridized carbons (Fsp3) is 0.200. The summed E-state index contributed by atoms with van der Waals surface area (Å²) in [7, 11) is 0. The normalized spacial score (nSPS) is 18.0. The predicted octanol–water partition coefficient (Wildman–Crippen LogP) is 5.33. The van der Waals surface area contributed by atoms with Gasteiger partial charge in [0, 0.05) is 11.3 Å². The molecule has 3 aromatic carbocycles. The average molecular weight is 293 g/mol. The van der Waals surface area contributed by atoms with E-state index >= 15 is 0 Å². The van der Waals surface area contributed by atoms with Crippen LogP contribution >= 0.6 is 11.6 Å². The molecule has 1 heteroatoms. The maximum Gasteiger partial charge on any atom is 0.0448 e. The van der Waals surface area contributed by atoms with Gasteiger partial charge in [-0.25, -0.2) is 0 Å². The minimum Gasteiger partial charge on any atom is -0.122 e. The van der Waals surface area contributed by atoms with Crippen molar-refractivity contribution in [2.45, 2.75) is 24.1 Å². The van der Waals surface area contributed by atoms with E-state index in [1.807, 2.05) is 0 Å². The standard InChI is InChI=1S/C20H17Cl/c21-20(19-13-17-7-3-4-8-18(17)19)12-14-9-10-15-5-1-2-6-16(15)11-14/h1-11,19-20H,12-13H2. The molecule has 0 radical (unpaired) electrons. The van der Waals surface area contributed by atoms with E-state index < -0.39 is 0 Å². The molecule has 104 valence electrons. The highest BCUT2D eigenvalue weighted by molar-refractivity contribution is 6.21. The van der Waals surface area contributed by atoms with Crippen molar-refractivity contribution < 1.29 is 0 Å². The van der Waals surface area contributed by atoms with Gasteiger partial charge in [-0.3, -0.25) is 0 Å². The molecule has 0 bridgehead atoms. The molecular formula is C20H17Cl. The van der Waals surface area contributed by atoms with Crippen molar-refractivity contribution in [1.29, 1.82) is 0 Å². The van der Waals surface area contributed by atoms with Crippen LogP contribution in [0.1, 0.15) is 22.6 Å². The number of benzene rings is 3. The lowest BCUT2D eigenvalue weighted by Gasteiger charge is -2.33. The van der Waals surface area contributed by atoms with Crippen molar-refractivity contribution in [3.05, 3.63) is 83.4 Å². The van der Waals surface area contributed by atoms with Crippen molar-refractivity contribution >= 4 is 22.4 Å². The van der Waals surface area contributed by atoms with Crippen molar-refractivity contribution in [3.63, 3.8) is 0 Å². The molecule has 0 spiro atoms. The van der Waals surface area contributed by atoms with Crippen LogP contribution in [0, 0.1) is 0 Å². The summed E-state index contributed by atoms with van der Waals surface area (Å²) in [5.74, 6) is 0.509. The summed E-state index contributed by atoms with van der Waals surface area (Å²) >= 11 is 6.70. The molecule has 0 amide bonds. The van der Waals surface area contributed by atoms with E-state index in [1.165, 1.54) is 27.5 Å². The van der Waals surface area contributed by atoms with E-state index in [2.05, 4.69) is 66.7 Å². The second-order valence-electron chi connectivity index (χ2n) is 5.91. The van der Waals surface area contributed by atoms with E-state index in [1.54, 1.807) is 0 Å². The summed E-state index contributed by atoms with van der Waals surface area (Å²) in [4.78, 5) is 0. The van der Waals surface area contributed by atoms with E-state index in [0.29, 0.717) is 5.92 Å². The molecule has 1 aliphatic carbocycles. The fourth-order valence-electron chi connectivity index (χ4n) is 3.35. The number of hydrogen-bond acceptors (Lipinski definition) is 0. The lowest BCUT2D eigenvalue weighted by Crippen LogP contribution is -2.26. The Balaban J connectivity index is 1.55. The molecule has 2 unspecified atom stereocenters. The Morgan fingerprint density at radius 1 is 0.905 bits per heavy atom. The third-order valence-corrected chi connectivity index (χ3v) is 5.03. The largest absolute Gasteiger partial charge is 0.122 e. The Labute approximate surface area is 130 Å². The average Bonchev–Trinajstić information content (AvgIpc) is 2.48. The van der Waals surface area contributed by atoms with Crippen LogP contribution in [0.15, 0.2) is 66.7 Å². The fourth-order valence-corrected chi connectivity index (χ4v) is 3.76. The SMILES string of the molecule is ClC(Cc1ccc2ccccc2c1)C1Cc2ccccc21. The first-order valence-corrected chi connectivity index (χ1v) is 7.94. The van der Waals surface area contributed by atoms with Gasteiger partial charge in [0.1, 0.15) is 0 Å². The smallest absolute Gasteiger partial charge is 0.0448 e. The van der Waals surface area contributed by atoms with Gasteiger partial charge < -0.3 is 0 Å². The molecule has 0 nitrogen and oxygen atoms in total. The molecule has 0 saturated carbocycles. The lowest BCUT2D eigenvalue weighted by molar-refractivity contribution is 0.567. The topological polar surface area (TPSA) is 0 Å². The van der Waals surface area contributed by atoms with Gasteiger partial charge in [0.15, 0.2) is 0 Å². The Morgan fingerprint density at radius 3 is 2.52 bits per heavy atom. The molecule has 21 heavy (non-hydrogen) atoms. The zero-order valence-corrected chi connectivity index (χ0v) is 12.6. The van der Waals surface area contributed by atoms with Gasteiger partial charge in [-0.2, -0.15) is 0 Å². The molecule has 0 saturated heterocycles. The molecule has 1 aliphatic rings. The van der Waals surface area contributed by atoms with Crippen molar-refractivity contribution in [2.75, 3.05) is 0 Å². The first-order valence-electron chi connectivity index (χ1n) is 7.51. The number of rotatable bonds is 3. The molecule has 0 heterocycles. The third-order valence-electron chi connectivity index (χ3n) is 4.58. The minimum atomic E-state index is 0.182. The van der Waals surface area contributed by atoms with Crippen molar-refractivity contribution in [1.82, 2.24) is 0 Å². The Hall–Kier alpha value is -1.79. The summed E-state index contributed by atoms with van der Waals surface area (Å²) in [6, 6.07) is 23.8. The molecule has 0 fully saturated rings. The van der Waals surface area contributed by atoms with E-state index in [0.717, 1.165) is 12.8 Å². The number of hydrogen-bond donors (Lipinski definition) is 0. The van der Waals surface area contributed by atoms with Crippen LogP contribution in [-0.2, 0) is 12.8 Å².